The Labute approximate surface area is 134 Å². The van der Waals surface area contributed by atoms with Crippen LogP contribution in [0.4, 0.5) is 0 Å². The van der Waals surface area contributed by atoms with E-state index in [1.165, 1.54) is 12.8 Å². The first-order valence-corrected chi connectivity index (χ1v) is 12.5. The van der Waals surface area contributed by atoms with Crippen molar-refractivity contribution in [1.29, 1.82) is 0 Å². The lowest BCUT2D eigenvalue weighted by molar-refractivity contribution is 0.175. The summed E-state index contributed by atoms with van der Waals surface area (Å²) in [6.07, 6.45) is 6.50. The predicted molar refractivity (Wildman–Crippen MR) is 95.4 cm³/mol. The quantitative estimate of drug-likeness (QED) is 0.306. The lowest BCUT2D eigenvalue weighted by atomic mass is 10.4. The van der Waals surface area contributed by atoms with E-state index >= 15 is 0 Å². The summed E-state index contributed by atoms with van der Waals surface area (Å²) in [5, 5.41) is 0. The van der Waals surface area contributed by atoms with Crippen molar-refractivity contribution in [1.82, 2.24) is 0 Å². The molecule has 0 unspecified atom stereocenters. The monoisotopic (exact) mass is 336 g/mol. The molecule has 0 heterocycles. The normalized spacial score (nSPS) is 11.2. The van der Waals surface area contributed by atoms with Gasteiger partial charge in [-0.15, -0.1) is 6.58 Å². The van der Waals surface area contributed by atoms with Gasteiger partial charge >= 0.3 is 17.8 Å². The average Bonchev–Trinajstić information content (AvgIpc) is 2.45. The van der Waals surface area contributed by atoms with Gasteiger partial charge < -0.3 is 17.7 Å². The van der Waals surface area contributed by atoms with Gasteiger partial charge in [0, 0.05) is 33.5 Å². The molecule has 128 valence electrons. The lowest BCUT2D eigenvalue weighted by Gasteiger charge is -2.22. The molecule has 0 saturated carbocycles. The Morgan fingerprint density at radius 3 is 1.62 bits per heavy atom. The van der Waals surface area contributed by atoms with Crippen LogP contribution in [0.3, 0.4) is 0 Å². The van der Waals surface area contributed by atoms with Crippen LogP contribution in [0.15, 0.2) is 12.7 Å². The van der Waals surface area contributed by atoms with Crippen molar-refractivity contribution in [3.05, 3.63) is 12.7 Å². The molecule has 0 aromatic rings. The van der Waals surface area contributed by atoms with Gasteiger partial charge in [0.15, 0.2) is 0 Å². The van der Waals surface area contributed by atoms with Crippen LogP contribution < -0.4 is 0 Å². The maximum Gasteiger partial charge on any atom is 0.331 e. The van der Waals surface area contributed by atoms with Crippen molar-refractivity contribution in [3.8, 4) is 0 Å². The molecule has 21 heavy (non-hydrogen) atoms. The molecule has 0 N–H and O–H groups in total. The van der Waals surface area contributed by atoms with Crippen LogP contribution in [-0.4, -0.2) is 45.3 Å². The van der Waals surface area contributed by atoms with E-state index in [1.807, 2.05) is 6.08 Å². The Bertz CT molecular complexity index is 210. The van der Waals surface area contributed by atoms with Gasteiger partial charge in [0.25, 0.3) is 0 Å². The summed E-state index contributed by atoms with van der Waals surface area (Å²) in [5.41, 5.74) is 0. The Morgan fingerprint density at radius 1 is 0.952 bits per heavy atom. The van der Waals surface area contributed by atoms with Gasteiger partial charge in [0.2, 0.25) is 0 Å². The molecule has 0 aromatic heterocycles. The van der Waals surface area contributed by atoms with Gasteiger partial charge in [0.05, 0.1) is 0 Å². The molecule has 0 fully saturated rings. The second kappa shape index (κ2) is 16.4. The average molecular weight is 337 g/mol. The molecule has 0 amide bonds. The van der Waals surface area contributed by atoms with Crippen LogP contribution in [-0.2, 0) is 17.7 Å². The maximum absolute atomic E-state index is 5.73. The fraction of sp³-hybridized carbons (Fsp3) is 0.867. The first-order chi connectivity index (χ1) is 9.97. The standard InChI is InChI=1S/C10H24O2Si.C5H12O2Si/c1-5-7-9-11-13(3,4)12-10-8-6-2;1-4-5-8(6-2)7-3/h5-10H2,1-4H3;4,8H,1,5H2,2-3H3. The molecular weight excluding hydrogens is 300 g/mol. The minimum atomic E-state index is -1.78. The van der Waals surface area contributed by atoms with Crippen molar-refractivity contribution in [3.63, 3.8) is 0 Å². The van der Waals surface area contributed by atoms with E-state index in [9.17, 15) is 0 Å². The van der Waals surface area contributed by atoms with Gasteiger partial charge in [-0.3, -0.25) is 0 Å². The van der Waals surface area contributed by atoms with Crippen molar-refractivity contribution in [2.75, 3.05) is 27.4 Å². The second-order valence-electron chi connectivity index (χ2n) is 5.23. The van der Waals surface area contributed by atoms with Gasteiger partial charge in [-0.1, -0.05) is 32.8 Å². The zero-order chi connectivity index (χ0) is 16.6. The minimum absolute atomic E-state index is 0.863. The highest BCUT2D eigenvalue weighted by Gasteiger charge is 2.23. The van der Waals surface area contributed by atoms with E-state index in [1.54, 1.807) is 14.2 Å². The van der Waals surface area contributed by atoms with Crippen molar-refractivity contribution in [2.45, 2.75) is 58.7 Å². The molecule has 0 aromatic carbocycles. The summed E-state index contributed by atoms with van der Waals surface area (Å²) in [6, 6.07) is 0.882. The molecule has 0 aliphatic carbocycles. The predicted octanol–water partition coefficient (Wildman–Crippen LogP) is 4.01. The van der Waals surface area contributed by atoms with Crippen LogP contribution in [0.2, 0.25) is 19.1 Å². The molecule has 4 nitrogen and oxygen atoms in total. The number of unbranched alkanes of at least 4 members (excludes halogenated alkanes) is 2. The zero-order valence-corrected chi connectivity index (χ0v) is 17.1. The molecule has 0 aliphatic rings. The number of hydrogen-bond donors (Lipinski definition) is 0. The molecule has 0 saturated heterocycles. The molecule has 0 atom stereocenters. The van der Waals surface area contributed by atoms with E-state index in [4.69, 9.17) is 17.7 Å². The molecular formula is C15H36O4Si2. The van der Waals surface area contributed by atoms with Crippen LogP contribution in [0.25, 0.3) is 0 Å². The smallest absolute Gasteiger partial charge is 0.331 e. The SMILES string of the molecule is C=CC[SiH](OC)OC.CCCCO[Si](C)(C)OCCCC. The third-order valence-electron chi connectivity index (χ3n) is 2.78. The zero-order valence-electron chi connectivity index (χ0n) is 14.9. The van der Waals surface area contributed by atoms with E-state index < -0.39 is 17.8 Å². The highest BCUT2D eigenvalue weighted by atomic mass is 28.4. The summed E-state index contributed by atoms with van der Waals surface area (Å²) in [4.78, 5) is 0. The molecule has 0 rings (SSSR count). The largest absolute Gasteiger partial charge is 0.400 e. The van der Waals surface area contributed by atoms with E-state index in [0.29, 0.717) is 0 Å². The summed E-state index contributed by atoms with van der Waals surface area (Å²) in [6.45, 7) is 13.9. The van der Waals surface area contributed by atoms with Crippen LogP contribution >= 0.6 is 0 Å². The third-order valence-corrected chi connectivity index (χ3v) is 6.35. The minimum Gasteiger partial charge on any atom is -0.400 e. The van der Waals surface area contributed by atoms with Gasteiger partial charge in [0.1, 0.15) is 0 Å². The Hall–Kier alpha value is 0.0138. The molecule has 0 bridgehead atoms. The Morgan fingerprint density at radius 2 is 1.38 bits per heavy atom. The molecule has 0 spiro atoms. The Kier molecular flexibility index (Phi) is 18.2. The topological polar surface area (TPSA) is 36.9 Å². The van der Waals surface area contributed by atoms with E-state index in [0.717, 1.165) is 32.1 Å². The number of allylic oxidation sites excluding steroid dienone is 1. The molecule has 0 aliphatic heterocycles. The first-order valence-electron chi connectivity index (χ1n) is 7.91. The van der Waals surface area contributed by atoms with Crippen LogP contribution in [0, 0.1) is 0 Å². The summed E-state index contributed by atoms with van der Waals surface area (Å²) < 4.78 is 21.4. The first kappa shape index (κ1) is 23.3. The highest BCUT2D eigenvalue weighted by molar-refractivity contribution is 6.64. The van der Waals surface area contributed by atoms with Crippen LogP contribution in [0.5, 0.6) is 0 Å². The number of rotatable bonds is 12. The summed E-state index contributed by atoms with van der Waals surface area (Å²) in [7, 11) is 0.253. The third kappa shape index (κ3) is 18.0. The fourth-order valence-electron chi connectivity index (χ4n) is 1.39. The maximum atomic E-state index is 5.73. The van der Waals surface area contributed by atoms with Gasteiger partial charge in [-0.05, 0) is 25.9 Å². The van der Waals surface area contributed by atoms with Crippen molar-refractivity contribution < 1.29 is 17.7 Å². The van der Waals surface area contributed by atoms with Crippen molar-refractivity contribution in [2.24, 2.45) is 0 Å². The number of hydrogen-bond acceptors (Lipinski definition) is 4. The lowest BCUT2D eigenvalue weighted by Crippen LogP contribution is -2.35. The second-order valence-corrected chi connectivity index (χ2v) is 10.9. The highest BCUT2D eigenvalue weighted by Crippen LogP contribution is 2.08. The van der Waals surface area contributed by atoms with Gasteiger partial charge in [-0.25, -0.2) is 0 Å². The van der Waals surface area contributed by atoms with Gasteiger partial charge in [-0.2, -0.15) is 0 Å². The van der Waals surface area contributed by atoms with E-state index in [-0.39, 0.29) is 0 Å². The van der Waals surface area contributed by atoms with Crippen molar-refractivity contribution >= 4 is 17.8 Å². The fourth-order valence-corrected chi connectivity index (χ4v) is 3.60. The van der Waals surface area contributed by atoms with Crippen LogP contribution in [0.1, 0.15) is 39.5 Å². The molecule has 0 radical (unpaired) electrons. The van der Waals surface area contributed by atoms with E-state index in [2.05, 4.69) is 33.5 Å². The summed E-state index contributed by atoms with van der Waals surface area (Å²) >= 11 is 0. The summed E-state index contributed by atoms with van der Waals surface area (Å²) in [5.74, 6) is 0. The molecule has 6 heteroatoms. The Balaban J connectivity index is 0.